The second-order valence-electron chi connectivity index (χ2n) is 11.4. The van der Waals surface area contributed by atoms with Crippen LogP contribution in [0, 0.1) is 0 Å². The third-order valence-corrected chi connectivity index (χ3v) is 8.51. The fourth-order valence-electron chi connectivity index (χ4n) is 6.36. The largest absolute Gasteiger partial charge is 0.508 e. The first-order valence-corrected chi connectivity index (χ1v) is 15.4. The van der Waals surface area contributed by atoms with E-state index in [1.807, 2.05) is 72.8 Å². The minimum atomic E-state index is -0.603. The van der Waals surface area contributed by atoms with Gasteiger partial charge in [-0.3, -0.25) is 0 Å². The summed E-state index contributed by atoms with van der Waals surface area (Å²) in [5.74, 6) is 0.431. The highest BCUT2D eigenvalue weighted by molar-refractivity contribution is 5.80. The molecule has 1 aliphatic rings. The number of benzene rings is 6. The molecular weight excluding hydrogens is 564 g/mol. The van der Waals surface area contributed by atoms with Gasteiger partial charge in [0.05, 0.1) is 5.54 Å². The second kappa shape index (κ2) is 12.5. The number of nitrogens with zero attached hydrogens (tertiary/aromatic N) is 2. The van der Waals surface area contributed by atoms with Crippen molar-refractivity contribution >= 4 is 34.0 Å². The van der Waals surface area contributed by atoms with Crippen LogP contribution in [0.3, 0.4) is 0 Å². The number of aromatic hydroxyl groups is 2. The molecule has 0 amide bonds. The molecule has 1 unspecified atom stereocenters. The van der Waals surface area contributed by atoms with Crippen LogP contribution in [0.1, 0.15) is 17.5 Å². The highest BCUT2D eigenvalue weighted by Gasteiger charge is 2.39. The molecule has 4 heteroatoms. The van der Waals surface area contributed by atoms with E-state index in [-0.39, 0.29) is 11.5 Å². The Kier molecular flexibility index (Phi) is 7.84. The Labute approximate surface area is 270 Å². The number of rotatable bonds is 8. The standard InChI is InChI=1S/C42H34N2O2/c45-40-20-10-18-38(30-40)43(35-14-6-2-7-15-35)36-24-22-34(23-25-36)42(28-26-33(27-29-42)32-12-4-1-5-13-32)44(37-16-8-3-9-17-37)39-19-11-21-41(46)31-39/h1-28,30-31,45-46H,29H2. The lowest BCUT2D eigenvalue weighted by Gasteiger charge is -2.45. The van der Waals surface area contributed by atoms with Crippen LogP contribution in [0.2, 0.25) is 0 Å². The zero-order chi connectivity index (χ0) is 31.3. The molecule has 0 spiro atoms. The van der Waals surface area contributed by atoms with Gasteiger partial charge in [0.25, 0.3) is 0 Å². The summed E-state index contributed by atoms with van der Waals surface area (Å²) in [4.78, 5) is 4.46. The highest BCUT2D eigenvalue weighted by atomic mass is 16.3. The van der Waals surface area contributed by atoms with Crippen molar-refractivity contribution in [1.82, 2.24) is 0 Å². The van der Waals surface area contributed by atoms with Gasteiger partial charge in [-0.2, -0.15) is 0 Å². The lowest BCUT2D eigenvalue weighted by Crippen LogP contribution is -2.42. The molecule has 0 saturated carbocycles. The van der Waals surface area contributed by atoms with Gasteiger partial charge in [0.2, 0.25) is 0 Å². The van der Waals surface area contributed by atoms with Crippen LogP contribution in [0.25, 0.3) is 5.57 Å². The molecule has 4 nitrogen and oxygen atoms in total. The van der Waals surface area contributed by atoms with Crippen LogP contribution in [0.4, 0.5) is 28.4 Å². The molecule has 2 N–H and O–H groups in total. The molecule has 0 saturated heterocycles. The third kappa shape index (κ3) is 5.64. The van der Waals surface area contributed by atoms with Gasteiger partial charge in [0, 0.05) is 40.6 Å². The fourth-order valence-corrected chi connectivity index (χ4v) is 6.36. The summed E-state index contributed by atoms with van der Waals surface area (Å²) in [5, 5.41) is 20.9. The third-order valence-electron chi connectivity index (χ3n) is 8.51. The van der Waals surface area contributed by atoms with Crippen molar-refractivity contribution in [3.8, 4) is 11.5 Å². The minimum absolute atomic E-state index is 0.215. The second-order valence-corrected chi connectivity index (χ2v) is 11.4. The van der Waals surface area contributed by atoms with Crippen molar-refractivity contribution < 1.29 is 10.2 Å². The van der Waals surface area contributed by atoms with Crippen LogP contribution < -0.4 is 9.80 Å². The van der Waals surface area contributed by atoms with Gasteiger partial charge < -0.3 is 20.0 Å². The summed E-state index contributed by atoms with van der Waals surface area (Å²) >= 11 is 0. The van der Waals surface area contributed by atoms with Crippen LogP contribution in [-0.4, -0.2) is 10.2 Å². The lowest BCUT2D eigenvalue weighted by molar-refractivity contribution is 0.474. The van der Waals surface area contributed by atoms with Gasteiger partial charge in [-0.15, -0.1) is 0 Å². The molecule has 1 aliphatic carbocycles. The number of phenols is 2. The molecule has 0 bridgehead atoms. The van der Waals surface area contributed by atoms with E-state index in [9.17, 15) is 10.2 Å². The molecule has 0 aliphatic heterocycles. The number of allylic oxidation sites excluding steroid dienone is 2. The average Bonchev–Trinajstić information content (AvgIpc) is 3.11. The van der Waals surface area contributed by atoms with Crippen LogP contribution in [0.5, 0.6) is 11.5 Å². The molecule has 6 aromatic carbocycles. The molecule has 1 atom stereocenters. The van der Waals surface area contributed by atoms with E-state index in [0.29, 0.717) is 6.42 Å². The monoisotopic (exact) mass is 598 g/mol. The van der Waals surface area contributed by atoms with Gasteiger partial charge in [0.15, 0.2) is 0 Å². The van der Waals surface area contributed by atoms with E-state index in [2.05, 4.69) is 101 Å². The topological polar surface area (TPSA) is 46.9 Å². The van der Waals surface area contributed by atoms with E-state index in [0.717, 1.165) is 34.0 Å². The average molecular weight is 599 g/mol. The van der Waals surface area contributed by atoms with Crippen LogP contribution >= 0.6 is 0 Å². The minimum Gasteiger partial charge on any atom is -0.508 e. The van der Waals surface area contributed by atoms with Crippen molar-refractivity contribution in [2.75, 3.05) is 9.80 Å². The summed E-state index contributed by atoms with van der Waals surface area (Å²) in [5.41, 5.74) is 7.60. The Bertz CT molecular complexity index is 1990. The van der Waals surface area contributed by atoms with Crippen molar-refractivity contribution in [2.45, 2.75) is 12.0 Å². The first kappa shape index (κ1) is 28.8. The Hall–Kier alpha value is -6.00. The smallest absolute Gasteiger partial charge is 0.117 e. The molecule has 6 aromatic rings. The number of hydrogen-bond donors (Lipinski definition) is 2. The summed E-state index contributed by atoms with van der Waals surface area (Å²) < 4.78 is 0. The molecule has 46 heavy (non-hydrogen) atoms. The molecule has 0 heterocycles. The van der Waals surface area contributed by atoms with Gasteiger partial charge >= 0.3 is 0 Å². The normalized spacial score (nSPS) is 15.6. The van der Waals surface area contributed by atoms with E-state index < -0.39 is 5.54 Å². The first-order valence-electron chi connectivity index (χ1n) is 15.4. The Morgan fingerprint density at radius 2 is 1.00 bits per heavy atom. The Balaban J connectivity index is 1.38. The van der Waals surface area contributed by atoms with E-state index in [4.69, 9.17) is 0 Å². The summed E-state index contributed by atoms with van der Waals surface area (Å²) in [6, 6.07) is 54.5. The number of para-hydroxylation sites is 2. The summed E-state index contributed by atoms with van der Waals surface area (Å²) in [6.45, 7) is 0. The molecule has 0 fully saturated rings. The predicted molar refractivity (Wildman–Crippen MR) is 189 cm³/mol. The number of hydrogen-bond acceptors (Lipinski definition) is 4. The maximum Gasteiger partial charge on any atom is 0.117 e. The van der Waals surface area contributed by atoms with Gasteiger partial charge in [-0.05, 0) is 83.8 Å². The molecular formula is C42H34N2O2. The van der Waals surface area contributed by atoms with E-state index in [1.54, 1.807) is 18.2 Å². The van der Waals surface area contributed by atoms with E-state index in [1.165, 1.54) is 11.1 Å². The van der Waals surface area contributed by atoms with Gasteiger partial charge in [-0.25, -0.2) is 0 Å². The van der Waals surface area contributed by atoms with Crippen molar-refractivity contribution in [3.63, 3.8) is 0 Å². The highest BCUT2D eigenvalue weighted by Crippen LogP contribution is 2.47. The fraction of sp³-hybridized carbons (Fsp3) is 0.0476. The van der Waals surface area contributed by atoms with E-state index >= 15 is 0 Å². The molecule has 0 radical (unpaired) electrons. The zero-order valence-electron chi connectivity index (χ0n) is 25.3. The molecule has 0 aromatic heterocycles. The quantitative estimate of drug-likeness (QED) is 0.183. The molecule has 224 valence electrons. The molecule has 7 rings (SSSR count). The summed E-state index contributed by atoms with van der Waals surface area (Å²) in [7, 11) is 0. The first-order chi connectivity index (χ1) is 22.6. The lowest BCUT2D eigenvalue weighted by atomic mass is 9.78. The maximum atomic E-state index is 10.6. The number of anilines is 5. The Morgan fingerprint density at radius 1 is 0.478 bits per heavy atom. The van der Waals surface area contributed by atoms with Crippen molar-refractivity contribution in [2.24, 2.45) is 0 Å². The van der Waals surface area contributed by atoms with Crippen molar-refractivity contribution in [1.29, 1.82) is 0 Å². The van der Waals surface area contributed by atoms with Crippen LogP contribution in [0.15, 0.2) is 182 Å². The van der Waals surface area contributed by atoms with Gasteiger partial charge in [-0.1, -0.05) is 109 Å². The van der Waals surface area contributed by atoms with Gasteiger partial charge in [0.1, 0.15) is 11.5 Å². The van der Waals surface area contributed by atoms with Crippen LogP contribution in [-0.2, 0) is 5.54 Å². The zero-order valence-corrected chi connectivity index (χ0v) is 25.3. The Morgan fingerprint density at radius 3 is 1.59 bits per heavy atom. The summed E-state index contributed by atoms with van der Waals surface area (Å²) in [6.07, 6.45) is 7.53. The number of phenolic OH excluding ortho intramolecular Hbond substituents is 2. The maximum absolute atomic E-state index is 10.6. The van der Waals surface area contributed by atoms with Crippen molar-refractivity contribution in [3.05, 3.63) is 193 Å². The SMILES string of the molecule is Oc1cccc(N(c2ccccc2)c2ccc(C3(N(c4ccccc4)c4cccc(O)c4)C=CC(c4ccccc4)=CC3)cc2)c1. The predicted octanol–water partition coefficient (Wildman–Crippen LogP) is 10.6.